The molecule has 0 saturated carbocycles. The van der Waals surface area contributed by atoms with E-state index in [1.807, 2.05) is 6.07 Å². The fourth-order valence-corrected chi connectivity index (χ4v) is 4.35. The van der Waals surface area contributed by atoms with Crippen molar-refractivity contribution in [3.8, 4) is 0 Å². The van der Waals surface area contributed by atoms with Crippen molar-refractivity contribution in [2.45, 2.75) is 38.3 Å². The van der Waals surface area contributed by atoms with Crippen LogP contribution in [0.3, 0.4) is 0 Å². The van der Waals surface area contributed by atoms with E-state index < -0.39 is 0 Å². The van der Waals surface area contributed by atoms with Gasteiger partial charge < -0.3 is 4.90 Å². The predicted molar refractivity (Wildman–Crippen MR) is 90.2 cm³/mol. The van der Waals surface area contributed by atoms with Crippen LogP contribution < -0.4 is 4.90 Å². The third-order valence-electron chi connectivity index (χ3n) is 4.59. The molecule has 2 nitrogen and oxygen atoms in total. The van der Waals surface area contributed by atoms with Crippen molar-refractivity contribution >= 4 is 44.8 Å². The zero-order valence-corrected chi connectivity index (χ0v) is 14.7. The molecule has 1 aromatic rings. The van der Waals surface area contributed by atoms with Crippen LogP contribution in [0.1, 0.15) is 26.2 Å². The third-order valence-corrected chi connectivity index (χ3v) is 6.35. The lowest BCUT2D eigenvalue weighted by atomic mass is 10.0. The highest BCUT2D eigenvalue weighted by atomic mass is 79.9. The molecule has 0 spiro atoms. The molecule has 0 aliphatic carbocycles. The van der Waals surface area contributed by atoms with Crippen molar-refractivity contribution in [1.82, 2.24) is 4.90 Å². The molecular weight excluding hydrogens is 359 g/mol. The van der Waals surface area contributed by atoms with Crippen LogP contribution >= 0.6 is 39.1 Å². The van der Waals surface area contributed by atoms with Crippen LogP contribution in [0.5, 0.6) is 0 Å². The van der Waals surface area contributed by atoms with Crippen molar-refractivity contribution in [3.63, 3.8) is 0 Å². The Labute approximate surface area is 139 Å². The fourth-order valence-electron chi connectivity index (χ4n) is 3.47. The average Bonchev–Trinajstić information content (AvgIpc) is 2.91. The molecule has 3 rings (SSSR count). The Hall–Kier alpha value is 0.0400. The topological polar surface area (TPSA) is 6.48 Å². The fraction of sp³-hybridized carbons (Fsp3) is 0.600. The molecule has 20 heavy (non-hydrogen) atoms. The molecule has 2 unspecified atom stereocenters. The summed E-state index contributed by atoms with van der Waals surface area (Å²) in [6.45, 7) is 5.72. The summed E-state index contributed by atoms with van der Waals surface area (Å²) in [6.07, 6.45) is 3.76. The summed E-state index contributed by atoms with van der Waals surface area (Å²) in [5.74, 6) is 0. The molecule has 0 radical (unpaired) electrons. The first-order valence-corrected chi connectivity index (χ1v) is 8.81. The number of hydrogen-bond donors (Lipinski definition) is 0. The zero-order chi connectivity index (χ0) is 14.3. The van der Waals surface area contributed by atoms with Gasteiger partial charge in [-0.1, -0.05) is 30.1 Å². The highest BCUT2D eigenvalue weighted by Crippen LogP contribution is 2.40. The highest BCUT2D eigenvalue weighted by Gasteiger charge is 2.36. The van der Waals surface area contributed by atoms with E-state index in [1.54, 1.807) is 0 Å². The number of benzene rings is 1. The Morgan fingerprint density at radius 3 is 2.80 bits per heavy atom. The summed E-state index contributed by atoms with van der Waals surface area (Å²) in [5, 5.41) is 1.29. The molecule has 0 amide bonds. The molecule has 0 N–H and O–H groups in total. The predicted octanol–water partition coefficient (Wildman–Crippen LogP) is 4.82. The number of halogens is 3. The maximum Gasteiger partial charge on any atom is 0.0837 e. The van der Waals surface area contributed by atoms with Gasteiger partial charge in [0.15, 0.2) is 0 Å². The maximum absolute atomic E-state index is 6.48. The number of nitrogens with zero attached hydrogens (tertiary/aromatic N) is 2. The van der Waals surface area contributed by atoms with Gasteiger partial charge >= 0.3 is 0 Å². The highest BCUT2D eigenvalue weighted by molar-refractivity contribution is 9.10. The van der Waals surface area contributed by atoms with Gasteiger partial charge in [-0.15, -0.1) is 0 Å². The van der Waals surface area contributed by atoms with E-state index in [0.717, 1.165) is 29.7 Å². The Bertz CT molecular complexity index is 509. The SMILES string of the molecule is CCC1CN2CCCC2CN1c1ccc(Br)c(Cl)c1Cl. The number of hydrogen-bond acceptors (Lipinski definition) is 2. The first-order valence-electron chi connectivity index (χ1n) is 7.26. The molecule has 2 atom stereocenters. The van der Waals surface area contributed by atoms with Gasteiger partial charge in [0.25, 0.3) is 0 Å². The van der Waals surface area contributed by atoms with Gasteiger partial charge in [-0.2, -0.15) is 0 Å². The summed E-state index contributed by atoms with van der Waals surface area (Å²) >= 11 is 16.2. The van der Waals surface area contributed by atoms with Crippen LogP contribution in [0, 0.1) is 0 Å². The van der Waals surface area contributed by atoms with Gasteiger partial charge in [-0.3, -0.25) is 4.90 Å². The standard InChI is InChI=1S/C15H19BrCl2N2/c1-2-10-8-19-7-3-4-11(19)9-20(10)13-6-5-12(16)14(17)15(13)18/h5-6,10-11H,2-4,7-9H2,1H3. The Kier molecular flexibility index (Phi) is 4.51. The molecule has 2 aliphatic rings. The third kappa shape index (κ3) is 2.58. The Morgan fingerprint density at radius 1 is 1.25 bits per heavy atom. The quantitative estimate of drug-likeness (QED) is 0.681. The van der Waals surface area contributed by atoms with Gasteiger partial charge in [-0.25, -0.2) is 0 Å². The van der Waals surface area contributed by atoms with Crippen LogP contribution in [-0.4, -0.2) is 36.6 Å². The number of rotatable bonds is 2. The summed E-state index contributed by atoms with van der Waals surface area (Å²) < 4.78 is 0.862. The van der Waals surface area contributed by atoms with Crippen molar-refractivity contribution in [2.75, 3.05) is 24.5 Å². The lowest BCUT2D eigenvalue weighted by Gasteiger charge is -2.45. The van der Waals surface area contributed by atoms with Crippen molar-refractivity contribution in [2.24, 2.45) is 0 Å². The zero-order valence-electron chi connectivity index (χ0n) is 11.6. The van der Waals surface area contributed by atoms with E-state index in [-0.39, 0.29) is 0 Å². The van der Waals surface area contributed by atoms with Gasteiger partial charge in [0, 0.05) is 29.6 Å². The van der Waals surface area contributed by atoms with Crippen LogP contribution in [0.15, 0.2) is 16.6 Å². The molecule has 110 valence electrons. The second-order valence-electron chi connectivity index (χ2n) is 5.70. The van der Waals surface area contributed by atoms with E-state index in [9.17, 15) is 0 Å². The van der Waals surface area contributed by atoms with E-state index in [1.165, 1.54) is 19.4 Å². The van der Waals surface area contributed by atoms with Gasteiger partial charge in [0.2, 0.25) is 0 Å². The second-order valence-corrected chi connectivity index (χ2v) is 7.31. The molecule has 0 aromatic heterocycles. The lowest BCUT2D eigenvalue weighted by Crippen LogP contribution is -2.56. The first kappa shape index (κ1) is 15.0. The summed E-state index contributed by atoms with van der Waals surface area (Å²) in [5.41, 5.74) is 1.08. The van der Waals surface area contributed by atoms with Crippen molar-refractivity contribution < 1.29 is 0 Å². The number of piperazine rings is 1. The summed E-state index contributed by atoms with van der Waals surface area (Å²) in [4.78, 5) is 5.10. The summed E-state index contributed by atoms with van der Waals surface area (Å²) in [6, 6.07) is 5.29. The van der Waals surface area contributed by atoms with E-state index in [0.29, 0.717) is 22.1 Å². The monoisotopic (exact) mass is 376 g/mol. The van der Waals surface area contributed by atoms with Gasteiger partial charge in [0.1, 0.15) is 0 Å². The van der Waals surface area contributed by atoms with Gasteiger partial charge in [0.05, 0.1) is 15.7 Å². The largest absolute Gasteiger partial charge is 0.364 e. The molecule has 0 bridgehead atoms. The molecule has 2 aliphatic heterocycles. The van der Waals surface area contributed by atoms with Crippen LogP contribution in [-0.2, 0) is 0 Å². The van der Waals surface area contributed by atoms with Crippen LogP contribution in [0.2, 0.25) is 10.0 Å². The minimum Gasteiger partial charge on any atom is -0.364 e. The molecular formula is C15H19BrCl2N2. The normalized spacial score (nSPS) is 26.9. The summed E-state index contributed by atoms with van der Waals surface area (Å²) in [7, 11) is 0. The maximum atomic E-state index is 6.48. The molecule has 2 heterocycles. The molecule has 2 fully saturated rings. The van der Waals surface area contributed by atoms with Gasteiger partial charge in [-0.05, 0) is 53.9 Å². The first-order chi connectivity index (χ1) is 9.61. The lowest BCUT2D eigenvalue weighted by molar-refractivity contribution is 0.195. The van der Waals surface area contributed by atoms with Crippen LogP contribution in [0.25, 0.3) is 0 Å². The Morgan fingerprint density at radius 2 is 2.05 bits per heavy atom. The molecule has 1 aromatic carbocycles. The minimum atomic E-state index is 0.527. The minimum absolute atomic E-state index is 0.527. The van der Waals surface area contributed by atoms with E-state index >= 15 is 0 Å². The van der Waals surface area contributed by atoms with E-state index in [2.05, 4.69) is 38.7 Å². The smallest absolute Gasteiger partial charge is 0.0837 e. The molecule has 5 heteroatoms. The second kappa shape index (κ2) is 6.04. The molecule has 2 saturated heterocycles. The number of anilines is 1. The average molecular weight is 378 g/mol. The number of fused-ring (bicyclic) bond motifs is 1. The van der Waals surface area contributed by atoms with E-state index in [4.69, 9.17) is 23.2 Å². The van der Waals surface area contributed by atoms with Crippen molar-refractivity contribution in [3.05, 3.63) is 26.7 Å². The Balaban J connectivity index is 1.93. The van der Waals surface area contributed by atoms with Crippen molar-refractivity contribution in [1.29, 1.82) is 0 Å². The van der Waals surface area contributed by atoms with Crippen LogP contribution in [0.4, 0.5) is 5.69 Å².